The van der Waals surface area contributed by atoms with Crippen molar-refractivity contribution in [3.8, 4) is 0 Å². The van der Waals surface area contributed by atoms with Gasteiger partial charge in [-0.15, -0.1) is 11.8 Å². The molecule has 110 valence electrons. The van der Waals surface area contributed by atoms with Gasteiger partial charge in [0.05, 0.1) is 5.04 Å². The molecule has 1 unspecified atom stereocenters. The topological polar surface area (TPSA) is 66.7 Å². The third kappa shape index (κ3) is 2.52. The van der Waals surface area contributed by atoms with Crippen LogP contribution in [0.3, 0.4) is 0 Å². The van der Waals surface area contributed by atoms with E-state index in [9.17, 15) is 13.0 Å². The normalized spacial score (nSPS) is 18.6. The summed E-state index contributed by atoms with van der Waals surface area (Å²) in [6.07, 6.45) is 1.09. The molecule has 1 aromatic carbocycles. The van der Waals surface area contributed by atoms with Gasteiger partial charge >= 0.3 is 0 Å². The predicted octanol–water partition coefficient (Wildman–Crippen LogP) is 2.89. The minimum atomic E-state index is -4.29. The molecule has 0 amide bonds. The Bertz CT molecular complexity index is 625. The zero-order valence-corrected chi connectivity index (χ0v) is 13.3. The van der Waals surface area contributed by atoms with Crippen LogP contribution in [-0.2, 0) is 21.3 Å². The number of rotatable bonds is 5. The highest BCUT2D eigenvalue weighted by atomic mass is 32.2. The first-order valence-corrected chi connectivity index (χ1v) is 9.12. The van der Waals surface area contributed by atoms with E-state index >= 15 is 0 Å². The molecular formula is C14H19NO3S2. The average molecular weight is 313 g/mol. The standard InChI is InChI=1S/C14H19NO3S2/c1-3-11-6-5-7-12(10-11)14(4-2,20(16,17)18)13-15-8-9-19-13/h5-7,10H,3-4,8-9H2,1-2H3,(H,16,17,18). The lowest BCUT2D eigenvalue weighted by Gasteiger charge is -2.30. The van der Waals surface area contributed by atoms with E-state index < -0.39 is 14.9 Å². The lowest BCUT2D eigenvalue weighted by Crippen LogP contribution is -2.41. The highest BCUT2D eigenvalue weighted by Crippen LogP contribution is 2.41. The second-order valence-electron chi connectivity index (χ2n) is 4.74. The molecule has 0 fully saturated rings. The molecule has 0 saturated heterocycles. The summed E-state index contributed by atoms with van der Waals surface area (Å²) in [5.74, 6) is 0.764. The third-order valence-electron chi connectivity index (χ3n) is 3.67. The van der Waals surface area contributed by atoms with E-state index in [1.54, 1.807) is 13.0 Å². The average Bonchev–Trinajstić information content (AvgIpc) is 2.93. The summed E-state index contributed by atoms with van der Waals surface area (Å²) in [6, 6.07) is 7.41. The van der Waals surface area contributed by atoms with E-state index in [2.05, 4.69) is 4.99 Å². The van der Waals surface area contributed by atoms with Crippen LogP contribution in [0.5, 0.6) is 0 Å². The molecule has 0 aromatic heterocycles. The van der Waals surface area contributed by atoms with Crippen LogP contribution >= 0.6 is 11.8 Å². The first-order chi connectivity index (χ1) is 9.45. The molecule has 1 N–H and O–H groups in total. The van der Waals surface area contributed by atoms with Gasteiger partial charge in [-0.05, 0) is 24.0 Å². The zero-order chi connectivity index (χ0) is 14.8. The van der Waals surface area contributed by atoms with Gasteiger partial charge < -0.3 is 0 Å². The van der Waals surface area contributed by atoms with E-state index in [1.807, 2.05) is 25.1 Å². The van der Waals surface area contributed by atoms with Gasteiger partial charge in [0.1, 0.15) is 0 Å². The zero-order valence-electron chi connectivity index (χ0n) is 11.7. The Morgan fingerprint density at radius 1 is 1.40 bits per heavy atom. The van der Waals surface area contributed by atoms with Crippen LogP contribution in [0.25, 0.3) is 0 Å². The summed E-state index contributed by atoms with van der Waals surface area (Å²) in [4.78, 5) is 4.32. The van der Waals surface area contributed by atoms with E-state index in [0.29, 0.717) is 17.2 Å². The van der Waals surface area contributed by atoms with Crippen LogP contribution in [0.15, 0.2) is 29.3 Å². The molecule has 2 rings (SSSR count). The van der Waals surface area contributed by atoms with Crippen LogP contribution < -0.4 is 0 Å². The maximum Gasteiger partial charge on any atom is 0.281 e. The van der Waals surface area contributed by atoms with Crippen molar-refractivity contribution in [2.75, 3.05) is 12.3 Å². The summed E-state index contributed by atoms with van der Waals surface area (Å²) in [5.41, 5.74) is 1.66. The van der Waals surface area contributed by atoms with Crippen molar-refractivity contribution in [2.45, 2.75) is 31.4 Å². The molecule has 0 spiro atoms. The van der Waals surface area contributed by atoms with Crippen LogP contribution in [0.4, 0.5) is 0 Å². The molecule has 0 bridgehead atoms. The number of aliphatic imine (C=N–C) groups is 1. The summed E-state index contributed by atoms with van der Waals surface area (Å²) >= 11 is 1.42. The molecular weight excluding hydrogens is 294 g/mol. The fourth-order valence-electron chi connectivity index (χ4n) is 2.54. The highest BCUT2D eigenvalue weighted by molar-refractivity contribution is 8.15. The Balaban J connectivity index is 2.68. The molecule has 0 radical (unpaired) electrons. The molecule has 1 heterocycles. The van der Waals surface area contributed by atoms with E-state index in [0.717, 1.165) is 17.7 Å². The minimum absolute atomic E-state index is 0.269. The number of thioether (sulfide) groups is 1. The number of hydrogen-bond acceptors (Lipinski definition) is 4. The molecule has 0 aliphatic carbocycles. The Morgan fingerprint density at radius 2 is 2.15 bits per heavy atom. The molecule has 1 aliphatic heterocycles. The smallest absolute Gasteiger partial charge is 0.281 e. The van der Waals surface area contributed by atoms with Gasteiger partial charge in [-0.3, -0.25) is 9.55 Å². The maximum absolute atomic E-state index is 12.1. The van der Waals surface area contributed by atoms with Crippen LogP contribution in [0.2, 0.25) is 0 Å². The van der Waals surface area contributed by atoms with Crippen molar-refractivity contribution < 1.29 is 13.0 Å². The number of benzene rings is 1. The quantitative estimate of drug-likeness (QED) is 0.849. The number of hydrogen-bond donors (Lipinski definition) is 1. The monoisotopic (exact) mass is 313 g/mol. The molecule has 0 saturated carbocycles. The summed E-state index contributed by atoms with van der Waals surface area (Å²) in [6.45, 7) is 4.39. The minimum Gasteiger partial charge on any atom is -0.285 e. The van der Waals surface area contributed by atoms with Gasteiger partial charge in [0, 0.05) is 12.3 Å². The Hall–Kier alpha value is -0.850. The number of nitrogens with zero attached hydrogens (tertiary/aromatic N) is 1. The largest absolute Gasteiger partial charge is 0.285 e. The molecule has 1 aromatic rings. The van der Waals surface area contributed by atoms with Gasteiger partial charge in [-0.25, -0.2) is 0 Å². The lowest BCUT2D eigenvalue weighted by molar-refractivity contribution is 0.453. The Kier molecular flexibility index (Phi) is 4.56. The van der Waals surface area contributed by atoms with Crippen LogP contribution in [0, 0.1) is 0 Å². The van der Waals surface area contributed by atoms with Crippen molar-refractivity contribution in [1.82, 2.24) is 0 Å². The summed E-state index contributed by atoms with van der Waals surface area (Å²) in [5, 5.41) is 0.510. The predicted molar refractivity (Wildman–Crippen MR) is 84.1 cm³/mol. The first-order valence-electron chi connectivity index (χ1n) is 6.70. The second kappa shape index (κ2) is 5.87. The van der Waals surface area contributed by atoms with Crippen molar-refractivity contribution in [3.05, 3.63) is 35.4 Å². The SMILES string of the molecule is CCc1cccc(C(CC)(C2=NCCS2)S(=O)(=O)O)c1. The van der Waals surface area contributed by atoms with Gasteiger partial charge in [-0.2, -0.15) is 8.42 Å². The second-order valence-corrected chi connectivity index (χ2v) is 7.48. The van der Waals surface area contributed by atoms with E-state index in [1.165, 1.54) is 11.8 Å². The fourth-order valence-corrected chi connectivity index (χ4v) is 5.16. The molecule has 6 heteroatoms. The van der Waals surface area contributed by atoms with Crippen LogP contribution in [0.1, 0.15) is 31.4 Å². The van der Waals surface area contributed by atoms with Gasteiger partial charge in [0.15, 0.2) is 4.75 Å². The summed E-state index contributed by atoms with van der Waals surface area (Å²) < 4.78 is 32.7. The fraction of sp³-hybridized carbons (Fsp3) is 0.500. The maximum atomic E-state index is 12.1. The summed E-state index contributed by atoms with van der Waals surface area (Å²) in [7, 11) is -4.29. The Morgan fingerprint density at radius 3 is 2.65 bits per heavy atom. The third-order valence-corrected chi connectivity index (χ3v) is 6.54. The van der Waals surface area contributed by atoms with E-state index in [-0.39, 0.29) is 6.42 Å². The van der Waals surface area contributed by atoms with E-state index in [4.69, 9.17) is 0 Å². The number of aryl methyl sites for hydroxylation is 1. The van der Waals surface area contributed by atoms with Crippen molar-refractivity contribution in [1.29, 1.82) is 0 Å². The Labute approximate surface area is 124 Å². The molecule has 20 heavy (non-hydrogen) atoms. The van der Waals surface area contributed by atoms with Gasteiger partial charge in [0.25, 0.3) is 10.1 Å². The molecule has 4 nitrogen and oxygen atoms in total. The molecule has 1 atom stereocenters. The van der Waals surface area contributed by atoms with Crippen molar-refractivity contribution in [3.63, 3.8) is 0 Å². The van der Waals surface area contributed by atoms with Crippen LogP contribution in [-0.4, -0.2) is 30.3 Å². The van der Waals surface area contributed by atoms with Gasteiger partial charge in [0.2, 0.25) is 0 Å². The first kappa shape index (κ1) is 15.5. The van der Waals surface area contributed by atoms with Crippen molar-refractivity contribution >= 4 is 26.9 Å². The lowest BCUT2D eigenvalue weighted by atomic mass is 9.94. The molecule has 1 aliphatic rings. The highest BCUT2D eigenvalue weighted by Gasteiger charge is 2.49. The van der Waals surface area contributed by atoms with Crippen molar-refractivity contribution in [2.24, 2.45) is 4.99 Å². The van der Waals surface area contributed by atoms with Gasteiger partial charge in [-0.1, -0.05) is 38.1 Å².